The number of Topliss-reactive ketones (excluding diaryl/α,β-unsaturated/α-hetero) is 1. The van der Waals surface area contributed by atoms with Crippen molar-refractivity contribution >= 4 is 5.78 Å². The smallest absolute Gasteiger partial charge is 0.170 e. The number of carbonyl (C=O) groups is 1. The largest absolute Gasteiger partial charge is 0.489 e. The number of ketones is 1. The Morgan fingerprint density at radius 2 is 1.89 bits per heavy atom. The van der Waals surface area contributed by atoms with E-state index >= 15 is 0 Å². The fourth-order valence-corrected chi connectivity index (χ4v) is 3.34. The zero-order valence-electron chi connectivity index (χ0n) is 10.9. The van der Waals surface area contributed by atoms with Crippen LogP contribution in [-0.2, 0) is 0 Å². The molecule has 1 aliphatic heterocycles. The first kappa shape index (κ1) is 11.8. The van der Waals surface area contributed by atoms with Gasteiger partial charge in [0.2, 0.25) is 0 Å². The molecule has 2 heteroatoms. The van der Waals surface area contributed by atoms with Gasteiger partial charge in [-0.25, -0.2) is 0 Å². The predicted molar refractivity (Wildman–Crippen MR) is 71.0 cm³/mol. The fourth-order valence-electron chi connectivity index (χ4n) is 3.34. The minimum Gasteiger partial charge on any atom is -0.489 e. The molecule has 3 rings (SSSR count). The second-order valence-electron chi connectivity index (χ2n) is 5.94. The van der Waals surface area contributed by atoms with Gasteiger partial charge in [0.1, 0.15) is 11.9 Å². The summed E-state index contributed by atoms with van der Waals surface area (Å²) in [6.07, 6.45) is 6.86. The van der Waals surface area contributed by atoms with Crippen LogP contribution in [0.2, 0.25) is 0 Å². The van der Waals surface area contributed by atoms with Gasteiger partial charge in [-0.05, 0) is 25.0 Å². The lowest BCUT2D eigenvalue weighted by atomic mass is 9.69. The molecule has 1 saturated carbocycles. The normalized spacial score (nSPS) is 26.3. The van der Waals surface area contributed by atoms with Crippen molar-refractivity contribution in [3.63, 3.8) is 0 Å². The maximum absolute atomic E-state index is 12.2. The van der Waals surface area contributed by atoms with Gasteiger partial charge in [0.15, 0.2) is 5.78 Å². The topological polar surface area (TPSA) is 26.3 Å². The lowest BCUT2D eigenvalue weighted by Gasteiger charge is -2.42. The summed E-state index contributed by atoms with van der Waals surface area (Å²) in [5, 5.41) is 0. The second-order valence-corrected chi connectivity index (χ2v) is 5.94. The summed E-state index contributed by atoms with van der Waals surface area (Å²) >= 11 is 0. The Labute approximate surface area is 108 Å². The summed E-state index contributed by atoms with van der Waals surface area (Å²) in [4.78, 5) is 12.2. The van der Waals surface area contributed by atoms with Crippen molar-refractivity contribution < 1.29 is 9.53 Å². The molecule has 0 N–H and O–H groups in total. The van der Waals surface area contributed by atoms with Gasteiger partial charge in [-0.1, -0.05) is 38.3 Å². The Balaban J connectivity index is 1.87. The number of fused-ring (bicyclic) bond motifs is 1. The molecule has 2 nitrogen and oxygen atoms in total. The van der Waals surface area contributed by atoms with Crippen molar-refractivity contribution in [1.29, 1.82) is 0 Å². The zero-order chi connectivity index (χ0) is 12.6. The third-order valence-corrected chi connectivity index (χ3v) is 4.60. The number of hydrogen-bond donors (Lipinski definition) is 0. The van der Waals surface area contributed by atoms with Gasteiger partial charge in [-0.15, -0.1) is 0 Å². The standard InChI is InChI=1S/C16H20O2/c1-16(9-5-2-6-10-16)15-11-13(17)12-7-3-4-8-14(12)18-15/h3-4,7-8,15H,2,5-6,9-11H2,1H3. The van der Waals surface area contributed by atoms with E-state index in [1.54, 1.807) is 0 Å². The monoisotopic (exact) mass is 244 g/mol. The summed E-state index contributed by atoms with van der Waals surface area (Å²) in [6, 6.07) is 7.64. The van der Waals surface area contributed by atoms with E-state index in [1.165, 1.54) is 32.1 Å². The van der Waals surface area contributed by atoms with Crippen LogP contribution in [0.25, 0.3) is 0 Å². The molecule has 0 bridgehead atoms. The van der Waals surface area contributed by atoms with Crippen molar-refractivity contribution in [3.05, 3.63) is 29.8 Å². The predicted octanol–water partition coefficient (Wildman–Crippen LogP) is 3.99. The lowest BCUT2D eigenvalue weighted by molar-refractivity contribution is 0.0164. The summed E-state index contributed by atoms with van der Waals surface area (Å²) < 4.78 is 6.12. The van der Waals surface area contributed by atoms with Gasteiger partial charge in [0.05, 0.1) is 5.56 Å². The van der Waals surface area contributed by atoms with Crippen LogP contribution >= 0.6 is 0 Å². The van der Waals surface area contributed by atoms with Crippen LogP contribution in [0, 0.1) is 5.41 Å². The molecule has 0 radical (unpaired) electrons. The van der Waals surface area contributed by atoms with Gasteiger partial charge in [0.25, 0.3) is 0 Å². The van der Waals surface area contributed by atoms with Gasteiger partial charge >= 0.3 is 0 Å². The number of rotatable bonds is 1. The van der Waals surface area contributed by atoms with Crippen LogP contribution in [0.1, 0.15) is 55.8 Å². The SMILES string of the molecule is CC1(C2CC(=O)c3ccccc3O2)CCCCC1. The lowest BCUT2D eigenvalue weighted by Crippen LogP contribution is -2.42. The molecular formula is C16H20O2. The summed E-state index contributed by atoms with van der Waals surface area (Å²) in [6.45, 7) is 2.29. The van der Waals surface area contributed by atoms with Crippen molar-refractivity contribution in [1.82, 2.24) is 0 Å². The molecule has 0 amide bonds. The minimum atomic E-state index is 0.0696. The Morgan fingerprint density at radius 3 is 2.67 bits per heavy atom. The molecule has 0 saturated heterocycles. The summed E-state index contributed by atoms with van der Waals surface area (Å²) in [5.41, 5.74) is 0.940. The quantitative estimate of drug-likeness (QED) is 0.746. The molecular weight excluding hydrogens is 224 g/mol. The van der Waals surface area contributed by atoms with Crippen LogP contribution in [0.15, 0.2) is 24.3 Å². The molecule has 18 heavy (non-hydrogen) atoms. The minimum absolute atomic E-state index is 0.0696. The van der Waals surface area contributed by atoms with E-state index in [4.69, 9.17) is 4.74 Å². The first-order chi connectivity index (χ1) is 8.69. The van der Waals surface area contributed by atoms with Crippen LogP contribution in [-0.4, -0.2) is 11.9 Å². The third-order valence-electron chi connectivity index (χ3n) is 4.60. The molecule has 1 aromatic carbocycles. The molecule has 0 spiro atoms. The van der Waals surface area contributed by atoms with Gasteiger partial charge < -0.3 is 4.74 Å². The molecule has 1 unspecified atom stereocenters. The number of carbonyl (C=O) groups excluding carboxylic acids is 1. The Kier molecular flexibility index (Phi) is 2.89. The van der Waals surface area contributed by atoms with E-state index in [-0.39, 0.29) is 17.3 Å². The fraction of sp³-hybridized carbons (Fsp3) is 0.562. The van der Waals surface area contributed by atoms with E-state index in [9.17, 15) is 4.79 Å². The second kappa shape index (κ2) is 4.42. The van der Waals surface area contributed by atoms with Crippen molar-refractivity contribution in [3.8, 4) is 5.75 Å². The van der Waals surface area contributed by atoms with Crippen molar-refractivity contribution in [2.75, 3.05) is 0 Å². The molecule has 1 aromatic rings. The average Bonchev–Trinajstić information content (AvgIpc) is 2.39. The highest BCUT2D eigenvalue weighted by Crippen LogP contribution is 2.44. The molecule has 1 atom stereocenters. The number of para-hydroxylation sites is 1. The summed E-state index contributed by atoms with van der Waals surface area (Å²) in [5.74, 6) is 1.03. The highest BCUT2D eigenvalue weighted by atomic mass is 16.5. The van der Waals surface area contributed by atoms with Gasteiger partial charge in [-0.3, -0.25) is 4.79 Å². The molecule has 1 aliphatic carbocycles. The van der Waals surface area contributed by atoms with Gasteiger partial charge in [-0.2, -0.15) is 0 Å². The highest BCUT2D eigenvalue weighted by Gasteiger charge is 2.41. The van der Waals surface area contributed by atoms with Crippen molar-refractivity contribution in [2.45, 2.75) is 51.6 Å². The third kappa shape index (κ3) is 1.94. The first-order valence-electron chi connectivity index (χ1n) is 6.98. The number of hydrogen-bond acceptors (Lipinski definition) is 2. The molecule has 2 aliphatic rings. The highest BCUT2D eigenvalue weighted by molar-refractivity contribution is 5.99. The zero-order valence-corrected chi connectivity index (χ0v) is 10.9. The summed E-state index contributed by atoms with van der Waals surface area (Å²) in [7, 11) is 0. The first-order valence-corrected chi connectivity index (χ1v) is 6.98. The van der Waals surface area contributed by atoms with E-state index in [0.29, 0.717) is 6.42 Å². The van der Waals surface area contributed by atoms with E-state index < -0.39 is 0 Å². The molecule has 1 fully saturated rings. The van der Waals surface area contributed by atoms with Crippen molar-refractivity contribution in [2.24, 2.45) is 5.41 Å². The van der Waals surface area contributed by atoms with Crippen LogP contribution in [0.4, 0.5) is 0 Å². The molecule has 0 aromatic heterocycles. The maximum atomic E-state index is 12.2. The number of benzene rings is 1. The van der Waals surface area contributed by atoms with Crippen LogP contribution in [0.3, 0.4) is 0 Å². The molecule has 96 valence electrons. The Bertz CT molecular complexity index is 458. The number of ether oxygens (including phenoxy) is 1. The van der Waals surface area contributed by atoms with E-state index in [1.807, 2.05) is 24.3 Å². The van der Waals surface area contributed by atoms with Crippen LogP contribution in [0.5, 0.6) is 5.75 Å². The van der Waals surface area contributed by atoms with E-state index in [2.05, 4.69) is 6.92 Å². The average molecular weight is 244 g/mol. The van der Waals surface area contributed by atoms with Crippen LogP contribution < -0.4 is 4.74 Å². The molecule has 1 heterocycles. The Hall–Kier alpha value is -1.31. The van der Waals surface area contributed by atoms with E-state index in [0.717, 1.165) is 11.3 Å². The maximum Gasteiger partial charge on any atom is 0.170 e. The van der Waals surface area contributed by atoms with Gasteiger partial charge in [0, 0.05) is 11.8 Å². The Morgan fingerprint density at radius 1 is 1.17 bits per heavy atom.